The first-order chi connectivity index (χ1) is 6.37. The maximum atomic E-state index is 13.7. The number of hydrogen-bond acceptors (Lipinski definition) is 5. The predicted octanol–water partition coefficient (Wildman–Crippen LogP) is 0.271. The summed E-state index contributed by atoms with van der Waals surface area (Å²) in [6.07, 6.45) is -1.91. The number of halogens is 1. The van der Waals surface area contributed by atoms with Crippen molar-refractivity contribution >= 4 is 11.7 Å². The normalized spacial score (nSPS) is 18.3. The van der Waals surface area contributed by atoms with Gasteiger partial charge in [0.05, 0.1) is 12.8 Å². The van der Waals surface area contributed by atoms with E-state index in [4.69, 9.17) is 0 Å². The van der Waals surface area contributed by atoms with Crippen molar-refractivity contribution in [3.63, 3.8) is 0 Å². The zero-order valence-electron chi connectivity index (χ0n) is 8.57. The molecule has 0 spiro atoms. The minimum atomic E-state index is -2.30. The fourth-order valence-electron chi connectivity index (χ4n) is 0.757. The Labute approximate surface area is 81.5 Å². The van der Waals surface area contributed by atoms with Crippen LogP contribution in [-0.2, 0) is 14.4 Å². The van der Waals surface area contributed by atoms with Gasteiger partial charge in [0.2, 0.25) is 0 Å². The molecular weight excluding hydrogens is 193 g/mol. The minimum absolute atomic E-state index is 0.141. The number of carbonyl (C=O) groups is 1. The summed E-state index contributed by atoms with van der Waals surface area (Å²) in [4.78, 5) is 15.2. The molecule has 2 atom stereocenters. The van der Waals surface area contributed by atoms with E-state index < -0.39 is 17.7 Å². The number of oxime groups is 1. The fraction of sp³-hybridized carbons (Fsp3) is 0.750. The van der Waals surface area contributed by atoms with E-state index in [2.05, 4.69) is 14.7 Å². The molecule has 0 amide bonds. The molecule has 0 fully saturated rings. The Morgan fingerprint density at radius 3 is 2.43 bits per heavy atom. The van der Waals surface area contributed by atoms with Crippen LogP contribution in [0.25, 0.3) is 0 Å². The number of aliphatic hydroxyl groups excluding tert-OH is 1. The Morgan fingerprint density at radius 2 is 2.07 bits per heavy atom. The van der Waals surface area contributed by atoms with E-state index in [-0.39, 0.29) is 5.71 Å². The van der Waals surface area contributed by atoms with E-state index in [0.717, 1.165) is 14.0 Å². The van der Waals surface area contributed by atoms with Crippen molar-refractivity contribution in [1.29, 1.82) is 0 Å². The molecule has 0 aromatic rings. The van der Waals surface area contributed by atoms with Gasteiger partial charge in [-0.3, -0.25) is 0 Å². The highest BCUT2D eigenvalue weighted by Gasteiger charge is 2.42. The second kappa shape index (κ2) is 4.90. The highest BCUT2D eigenvalue weighted by Crippen LogP contribution is 2.19. The smallest absolute Gasteiger partial charge is 0.338 e. The van der Waals surface area contributed by atoms with Crippen molar-refractivity contribution < 1.29 is 23.9 Å². The number of aliphatic hydroxyl groups is 1. The summed E-state index contributed by atoms with van der Waals surface area (Å²) >= 11 is 0. The average Bonchev–Trinajstić information content (AvgIpc) is 2.15. The Hall–Kier alpha value is -1.17. The average molecular weight is 207 g/mol. The van der Waals surface area contributed by atoms with Gasteiger partial charge in [-0.15, -0.1) is 0 Å². The predicted molar refractivity (Wildman–Crippen MR) is 47.7 cm³/mol. The van der Waals surface area contributed by atoms with Gasteiger partial charge in [0.1, 0.15) is 7.11 Å². The lowest BCUT2D eigenvalue weighted by molar-refractivity contribution is -0.155. The largest absolute Gasteiger partial charge is 0.467 e. The number of alkyl halides is 1. The Balaban J connectivity index is 4.76. The molecule has 14 heavy (non-hydrogen) atoms. The van der Waals surface area contributed by atoms with Crippen LogP contribution in [0.2, 0.25) is 0 Å². The number of rotatable bonds is 4. The number of nitrogens with zero attached hydrogens (tertiary/aromatic N) is 1. The van der Waals surface area contributed by atoms with Crippen molar-refractivity contribution in [3.8, 4) is 0 Å². The van der Waals surface area contributed by atoms with Crippen LogP contribution < -0.4 is 0 Å². The van der Waals surface area contributed by atoms with Gasteiger partial charge < -0.3 is 14.7 Å². The van der Waals surface area contributed by atoms with Gasteiger partial charge in [0, 0.05) is 0 Å². The minimum Gasteiger partial charge on any atom is -0.467 e. The molecule has 1 N–H and O–H groups in total. The van der Waals surface area contributed by atoms with Crippen LogP contribution in [0.1, 0.15) is 13.8 Å². The monoisotopic (exact) mass is 207 g/mol. The molecule has 0 saturated heterocycles. The molecule has 0 saturated carbocycles. The van der Waals surface area contributed by atoms with Crippen LogP contribution in [0.4, 0.5) is 4.39 Å². The van der Waals surface area contributed by atoms with Crippen molar-refractivity contribution in [2.24, 2.45) is 5.16 Å². The van der Waals surface area contributed by atoms with Crippen LogP contribution in [0.15, 0.2) is 5.16 Å². The van der Waals surface area contributed by atoms with Crippen LogP contribution in [0.3, 0.4) is 0 Å². The van der Waals surface area contributed by atoms with Crippen LogP contribution in [-0.4, -0.2) is 42.8 Å². The molecule has 0 aliphatic heterocycles. The maximum Gasteiger partial charge on any atom is 0.338 e. The van der Waals surface area contributed by atoms with Crippen molar-refractivity contribution in [2.75, 3.05) is 14.2 Å². The van der Waals surface area contributed by atoms with E-state index in [0.29, 0.717) is 0 Å². The number of hydrogen-bond donors (Lipinski definition) is 1. The topological polar surface area (TPSA) is 68.1 Å². The Bertz CT molecular complexity index is 239. The molecule has 0 radical (unpaired) electrons. The quantitative estimate of drug-likeness (QED) is 0.408. The lowest BCUT2D eigenvalue weighted by atomic mass is 9.96. The van der Waals surface area contributed by atoms with Gasteiger partial charge in [-0.25, -0.2) is 9.18 Å². The molecule has 82 valence electrons. The van der Waals surface area contributed by atoms with Crippen LogP contribution in [0, 0.1) is 0 Å². The summed E-state index contributed by atoms with van der Waals surface area (Å²) in [7, 11) is 2.30. The second-order valence-corrected chi connectivity index (χ2v) is 2.86. The van der Waals surface area contributed by atoms with E-state index >= 15 is 0 Å². The molecule has 6 heteroatoms. The number of esters is 1. The van der Waals surface area contributed by atoms with Gasteiger partial charge in [-0.05, 0) is 13.8 Å². The summed E-state index contributed by atoms with van der Waals surface area (Å²) in [6.45, 7) is 2.32. The second-order valence-electron chi connectivity index (χ2n) is 2.86. The van der Waals surface area contributed by atoms with Crippen molar-refractivity contribution in [1.82, 2.24) is 0 Å². The van der Waals surface area contributed by atoms with E-state index in [9.17, 15) is 14.3 Å². The van der Waals surface area contributed by atoms with Gasteiger partial charge in [0.25, 0.3) is 0 Å². The Morgan fingerprint density at radius 1 is 1.57 bits per heavy atom. The fourth-order valence-corrected chi connectivity index (χ4v) is 0.757. The van der Waals surface area contributed by atoms with Gasteiger partial charge in [0.15, 0.2) is 11.8 Å². The SMILES string of the molecule is CON=C(C)C(C)(F)C(O)C(=O)OC. The van der Waals surface area contributed by atoms with E-state index in [1.807, 2.05) is 0 Å². The lowest BCUT2D eigenvalue weighted by Crippen LogP contribution is -2.46. The maximum absolute atomic E-state index is 13.7. The van der Waals surface area contributed by atoms with Crippen molar-refractivity contribution in [3.05, 3.63) is 0 Å². The van der Waals surface area contributed by atoms with Gasteiger partial charge in [-0.1, -0.05) is 5.16 Å². The van der Waals surface area contributed by atoms with Gasteiger partial charge >= 0.3 is 5.97 Å². The molecule has 0 bridgehead atoms. The van der Waals surface area contributed by atoms with Gasteiger partial charge in [-0.2, -0.15) is 0 Å². The molecule has 0 aromatic heterocycles. The molecule has 0 rings (SSSR count). The first-order valence-corrected chi connectivity index (χ1v) is 3.91. The molecular formula is C8H14FNO4. The summed E-state index contributed by atoms with van der Waals surface area (Å²) in [5.41, 5.74) is -2.44. The van der Waals surface area contributed by atoms with Crippen LogP contribution >= 0.6 is 0 Å². The summed E-state index contributed by atoms with van der Waals surface area (Å²) in [6, 6.07) is 0. The highest BCUT2D eigenvalue weighted by atomic mass is 19.1. The molecule has 5 nitrogen and oxygen atoms in total. The van der Waals surface area contributed by atoms with E-state index in [1.54, 1.807) is 0 Å². The highest BCUT2D eigenvalue weighted by molar-refractivity contribution is 5.95. The Kier molecular flexibility index (Phi) is 4.49. The first-order valence-electron chi connectivity index (χ1n) is 3.91. The zero-order valence-corrected chi connectivity index (χ0v) is 8.57. The summed E-state index contributed by atoms with van der Waals surface area (Å²) in [5.74, 6) is -1.05. The summed E-state index contributed by atoms with van der Waals surface area (Å²) < 4.78 is 17.9. The van der Waals surface area contributed by atoms with Crippen LogP contribution in [0.5, 0.6) is 0 Å². The first kappa shape index (κ1) is 12.8. The summed E-state index contributed by atoms with van der Waals surface area (Å²) in [5, 5.41) is 12.6. The number of carbonyl (C=O) groups excluding carboxylic acids is 1. The molecule has 0 aliphatic rings. The molecule has 0 aliphatic carbocycles. The molecule has 2 unspecified atom stereocenters. The number of methoxy groups -OCH3 is 1. The standard InChI is InChI=1S/C8H14FNO4/c1-5(10-14-4)8(2,9)6(11)7(12)13-3/h6,11H,1-4H3. The zero-order chi connectivity index (χ0) is 11.4. The third-order valence-corrected chi connectivity index (χ3v) is 1.87. The third kappa shape index (κ3) is 2.66. The number of ether oxygens (including phenoxy) is 1. The molecule has 0 heterocycles. The third-order valence-electron chi connectivity index (χ3n) is 1.87. The van der Waals surface area contributed by atoms with E-state index in [1.165, 1.54) is 14.0 Å². The molecule has 0 aromatic carbocycles. The van der Waals surface area contributed by atoms with Crippen molar-refractivity contribution in [2.45, 2.75) is 25.6 Å². The lowest BCUT2D eigenvalue weighted by Gasteiger charge is -2.23.